The summed E-state index contributed by atoms with van der Waals surface area (Å²) in [5.41, 5.74) is 7.16. The molecule has 1 aliphatic rings. The van der Waals surface area contributed by atoms with Gasteiger partial charge >= 0.3 is 0 Å². The van der Waals surface area contributed by atoms with Crippen LogP contribution in [0, 0.1) is 0 Å². The molecule has 0 bridgehead atoms. The van der Waals surface area contributed by atoms with E-state index in [1.165, 1.54) is 5.75 Å². The Balaban J connectivity index is 1.88. The molecule has 1 aromatic heterocycles. The monoisotopic (exact) mass is 341 g/mol. The molecule has 7 heteroatoms. The van der Waals surface area contributed by atoms with Crippen molar-refractivity contribution in [2.45, 2.75) is 23.8 Å². The van der Waals surface area contributed by atoms with Crippen LogP contribution in [0.15, 0.2) is 22.7 Å². The molecule has 1 aromatic carbocycles. The second kappa shape index (κ2) is 6.50. The molecule has 1 fully saturated rings. The molecule has 2 heterocycles. The second-order valence-electron chi connectivity index (χ2n) is 4.84. The summed E-state index contributed by atoms with van der Waals surface area (Å²) in [6.07, 6.45) is 1.11. The lowest BCUT2D eigenvalue weighted by Gasteiger charge is -2.27. The summed E-state index contributed by atoms with van der Waals surface area (Å²) >= 11 is 9.92. The number of aromatic nitrogens is 2. The topological polar surface area (TPSA) is 64.9 Å². The molecule has 0 radical (unpaired) electrons. The van der Waals surface area contributed by atoms with Crippen LogP contribution in [0.2, 0.25) is 5.02 Å². The Morgan fingerprint density at radius 3 is 2.90 bits per heavy atom. The summed E-state index contributed by atoms with van der Waals surface area (Å²) < 4.78 is 5.41. The van der Waals surface area contributed by atoms with Crippen molar-refractivity contribution in [2.24, 2.45) is 0 Å². The van der Waals surface area contributed by atoms with E-state index in [1.54, 1.807) is 18.2 Å². The van der Waals surface area contributed by atoms with Gasteiger partial charge in [0.2, 0.25) is 0 Å². The van der Waals surface area contributed by atoms with Gasteiger partial charge in [-0.05, 0) is 24.6 Å². The third-order valence-electron chi connectivity index (χ3n) is 3.32. The Morgan fingerprint density at radius 1 is 1.33 bits per heavy atom. The lowest BCUT2D eigenvalue weighted by Crippen LogP contribution is -2.19. The molecule has 0 amide bonds. The first kappa shape index (κ1) is 15.1. The number of rotatable bonds is 3. The molecule has 3 rings (SSSR count). The van der Waals surface area contributed by atoms with Gasteiger partial charge in [0.25, 0.3) is 5.89 Å². The highest BCUT2D eigenvalue weighted by Crippen LogP contribution is 2.43. The molecule has 2 unspecified atom stereocenters. The normalized spacial score (nSPS) is 22.4. The van der Waals surface area contributed by atoms with Crippen LogP contribution in [-0.2, 0) is 0 Å². The third kappa shape index (κ3) is 3.33. The van der Waals surface area contributed by atoms with Crippen molar-refractivity contribution < 1.29 is 4.52 Å². The Kier molecular flexibility index (Phi) is 4.66. The molecule has 0 aliphatic carbocycles. The maximum absolute atomic E-state index is 6.02. The molecule has 2 aromatic rings. The first-order chi connectivity index (χ1) is 10.2. The van der Waals surface area contributed by atoms with Crippen LogP contribution in [0.3, 0.4) is 0 Å². The van der Waals surface area contributed by atoms with Crippen LogP contribution in [0.5, 0.6) is 0 Å². The molecule has 1 saturated heterocycles. The van der Waals surface area contributed by atoms with Gasteiger partial charge in [-0.25, -0.2) is 0 Å². The van der Waals surface area contributed by atoms with Crippen LogP contribution < -0.4 is 5.73 Å². The van der Waals surface area contributed by atoms with E-state index in [9.17, 15) is 0 Å². The summed E-state index contributed by atoms with van der Waals surface area (Å²) in [5.74, 6) is 3.56. The van der Waals surface area contributed by atoms with Gasteiger partial charge < -0.3 is 10.3 Å². The number of nitrogens with two attached hydrogens (primary N) is 1. The smallest absolute Gasteiger partial charge is 0.258 e. The van der Waals surface area contributed by atoms with Gasteiger partial charge in [-0.1, -0.05) is 23.7 Å². The highest BCUT2D eigenvalue weighted by Gasteiger charge is 2.30. The van der Waals surface area contributed by atoms with Gasteiger partial charge in [0.05, 0.1) is 5.25 Å². The minimum Gasteiger partial charge on any atom is -0.399 e. The summed E-state index contributed by atoms with van der Waals surface area (Å²) in [4.78, 5) is 4.56. The fourth-order valence-electron chi connectivity index (χ4n) is 2.35. The largest absolute Gasteiger partial charge is 0.399 e. The second-order valence-corrected chi connectivity index (χ2v) is 7.87. The van der Waals surface area contributed by atoms with E-state index in [4.69, 9.17) is 21.9 Å². The lowest BCUT2D eigenvalue weighted by atomic mass is 10.2. The molecule has 21 heavy (non-hydrogen) atoms. The first-order valence-corrected chi connectivity index (χ1v) is 9.28. The molecule has 1 aliphatic heterocycles. The van der Waals surface area contributed by atoms with E-state index in [0.29, 0.717) is 27.1 Å². The van der Waals surface area contributed by atoms with Crippen molar-refractivity contribution in [1.82, 2.24) is 10.1 Å². The van der Waals surface area contributed by atoms with Crippen molar-refractivity contribution >= 4 is 40.8 Å². The van der Waals surface area contributed by atoms with Gasteiger partial charge in [0.15, 0.2) is 5.82 Å². The van der Waals surface area contributed by atoms with Crippen LogP contribution in [-0.4, -0.2) is 26.9 Å². The fourth-order valence-corrected chi connectivity index (χ4v) is 5.57. The molecule has 4 nitrogen and oxygen atoms in total. The van der Waals surface area contributed by atoms with E-state index in [0.717, 1.165) is 23.6 Å². The van der Waals surface area contributed by atoms with Crippen molar-refractivity contribution in [3.05, 3.63) is 29.0 Å². The molecular formula is C14H16ClN3OS2. The van der Waals surface area contributed by atoms with Crippen molar-refractivity contribution in [2.75, 3.05) is 17.2 Å². The average molecular weight is 342 g/mol. The molecule has 0 saturated carbocycles. The highest BCUT2D eigenvalue weighted by atomic mass is 35.5. The fraction of sp³-hybridized carbons (Fsp3) is 0.429. The quantitative estimate of drug-likeness (QED) is 0.841. The number of halogens is 1. The number of hydrogen-bond donors (Lipinski definition) is 1. The van der Waals surface area contributed by atoms with Gasteiger partial charge in [0.1, 0.15) is 0 Å². The van der Waals surface area contributed by atoms with Crippen molar-refractivity contribution in [3.8, 4) is 11.5 Å². The number of hydrogen-bond acceptors (Lipinski definition) is 6. The summed E-state index contributed by atoms with van der Waals surface area (Å²) in [7, 11) is 0. The number of nitrogens with zero attached hydrogens (tertiary/aromatic N) is 2. The summed E-state index contributed by atoms with van der Waals surface area (Å²) in [5, 5.41) is 5.57. The summed E-state index contributed by atoms with van der Waals surface area (Å²) in [6.45, 7) is 2.20. The van der Waals surface area contributed by atoms with Crippen LogP contribution >= 0.6 is 35.1 Å². The first-order valence-electron chi connectivity index (χ1n) is 6.80. The Bertz CT molecular complexity index is 614. The minimum atomic E-state index is 0.294. The van der Waals surface area contributed by atoms with Crippen LogP contribution in [0.1, 0.15) is 24.4 Å². The molecular weight excluding hydrogens is 326 g/mol. The Hall–Kier alpha value is -0.850. The van der Waals surface area contributed by atoms with Gasteiger partial charge in [-0.2, -0.15) is 16.7 Å². The standard InChI is InChI=1S/C14H16ClN3OS2/c1-2-11-12(21-4-3-20-11)13-17-14(19-18-13)8-5-9(15)7-10(16)6-8/h5-7,11-12H,2-4,16H2,1H3. The maximum Gasteiger partial charge on any atom is 0.258 e. The highest BCUT2D eigenvalue weighted by molar-refractivity contribution is 8.06. The third-order valence-corrected chi connectivity index (χ3v) is 6.78. The van der Waals surface area contributed by atoms with Crippen LogP contribution in [0.4, 0.5) is 5.69 Å². The van der Waals surface area contributed by atoms with E-state index in [1.807, 2.05) is 23.5 Å². The van der Waals surface area contributed by atoms with E-state index in [-0.39, 0.29) is 0 Å². The maximum atomic E-state index is 6.02. The van der Waals surface area contributed by atoms with Crippen LogP contribution in [0.25, 0.3) is 11.5 Å². The minimum absolute atomic E-state index is 0.294. The Morgan fingerprint density at radius 2 is 2.14 bits per heavy atom. The van der Waals surface area contributed by atoms with E-state index in [2.05, 4.69) is 17.1 Å². The number of thioether (sulfide) groups is 2. The Labute approximate surface area is 137 Å². The zero-order valence-electron chi connectivity index (χ0n) is 11.6. The molecule has 2 N–H and O–H groups in total. The SMILES string of the molecule is CCC1SCCSC1c1noc(-c2cc(N)cc(Cl)c2)n1. The number of nitrogen functional groups attached to an aromatic ring is 1. The van der Waals surface area contributed by atoms with E-state index >= 15 is 0 Å². The zero-order chi connectivity index (χ0) is 14.8. The number of anilines is 1. The molecule has 2 atom stereocenters. The van der Waals surface area contributed by atoms with Crippen molar-refractivity contribution in [3.63, 3.8) is 0 Å². The predicted octanol–water partition coefficient (Wildman–Crippen LogP) is 4.27. The van der Waals surface area contributed by atoms with E-state index < -0.39 is 0 Å². The van der Waals surface area contributed by atoms with Gasteiger partial charge in [-0.15, -0.1) is 11.8 Å². The molecule has 0 spiro atoms. The molecule has 112 valence electrons. The predicted molar refractivity (Wildman–Crippen MR) is 90.9 cm³/mol. The zero-order valence-corrected chi connectivity index (χ0v) is 14.0. The number of benzene rings is 1. The summed E-state index contributed by atoms with van der Waals surface area (Å²) in [6, 6.07) is 5.28. The van der Waals surface area contributed by atoms with Crippen molar-refractivity contribution in [1.29, 1.82) is 0 Å². The van der Waals surface area contributed by atoms with Gasteiger partial charge in [-0.3, -0.25) is 0 Å². The lowest BCUT2D eigenvalue weighted by molar-refractivity contribution is 0.421. The van der Waals surface area contributed by atoms with Gasteiger partial charge in [0, 0.05) is 33.0 Å². The average Bonchev–Trinajstić information content (AvgIpc) is 2.96.